The van der Waals surface area contributed by atoms with Gasteiger partial charge in [-0.05, 0) is 36.4 Å². The Kier molecular flexibility index (Phi) is 4.66. The van der Waals surface area contributed by atoms with Crippen LogP contribution in [-0.2, 0) is 11.2 Å². The van der Waals surface area contributed by atoms with Crippen LogP contribution in [-0.4, -0.2) is 36.5 Å². The molecule has 1 aliphatic rings. The van der Waals surface area contributed by atoms with Gasteiger partial charge in [0.2, 0.25) is 5.91 Å². The molecule has 1 aliphatic heterocycles. The van der Waals surface area contributed by atoms with Crippen molar-refractivity contribution in [3.05, 3.63) is 59.0 Å². The van der Waals surface area contributed by atoms with Gasteiger partial charge in [0, 0.05) is 24.1 Å². The molecule has 1 aromatic heterocycles. The molecule has 0 saturated carbocycles. The maximum absolute atomic E-state index is 12.9. The minimum absolute atomic E-state index is 0.117. The Morgan fingerprint density at radius 3 is 2.50 bits per heavy atom. The highest BCUT2D eigenvalue weighted by atomic mass is 16.5. The number of carbonyl (C=O) groups is 2. The van der Waals surface area contributed by atoms with Crippen LogP contribution in [0.2, 0.25) is 0 Å². The first-order chi connectivity index (χ1) is 11.6. The average Bonchev–Trinajstić information content (AvgIpc) is 3.10. The van der Waals surface area contributed by atoms with E-state index in [2.05, 4.69) is 0 Å². The van der Waals surface area contributed by atoms with Crippen molar-refractivity contribution in [2.45, 2.75) is 19.4 Å². The lowest BCUT2D eigenvalue weighted by atomic mass is 10.1. The molecule has 3 rings (SSSR count). The number of aryl methyl sites for hydroxylation is 1. The highest BCUT2D eigenvalue weighted by Gasteiger charge is 2.31. The summed E-state index contributed by atoms with van der Waals surface area (Å²) >= 11 is 0. The molecule has 1 saturated heterocycles. The summed E-state index contributed by atoms with van der Waals surface area (Å²) in [6, 6.07) is 9.94. The molecular weight excluding hydrogens is 308 g/mol. The second kappa shape index (κ2) is 6.88. The van der Waals surface area contributed by atoms with Crippen molar-refractivity contribution in [1.29, 1.82) is 0 Å². The van der Waals surface area contributed by atoms with Crippen LogP contribution in [0.3, 0.4) is 0 Å². The number of rotatable bonds is 4. The Labute approximate surface area is 140 Å². The van der Waals surface area contributed by atoms with Crippen molar-refractivity contribution in [2.24, 2.45) is 5.73 Å². The fourth-order valence-corrected chi connectivity index (χ4v) is 2.79. The van der Waals surface area contributed by atoms with E-state index in [1.54, 1.807) is 29.2 Å². The number of nitrogens with two attached hydrogens (primary N) is 1. The van der Waals surface area contributed by atoms with E-state index in [-0.39, 0.29) is 11.9 Å². The molecule has 0 unspecified atom stereocenters. The van der Waals surface area contributed by atoms with Gasteiger partial charge in [-0.15, -0.1) is 0 Å². The molecule has 0 spiro atoms. The first-order valence-electron chi connectivity index (χ1n) is 7.97. The van der Waals surface area contributed by atoms with Crippen molar-refractivity contribution in [3.63, 3.8) is 0 Å². The number of hydrogen-bond donors (Lipinski definition) is 1. The summed E-state index contributed by atoms with van der Waals surface area (Å²) in [4.78, 5) is 25.8. The van der Waals surface area contributed by atoms with Crippen molar-refractivity contribution >= 4 is 11.8 Å². The molecule has 0 aliphatic carbocycles. The third kappa shape index (κ3) is 3.19. The standard InChI is InChI=1S/C18H20N2O4/c1-2-14-7-8-16(24-14)15-11-23-10-9-20(15)18(22)13-5-3-12(4-6-13)17(19)21/h3-8,15H,2,9-11H2,1H3,(H2,19,21)/t15-/m1/s1. The monoisotopic (exact) mass is 328 g/mol. The van der Waals surface area contributed by atoms with Crippen LogP contribution in [0.15, 0.2) is 40.8 Å². The lowest BCUT2D eigenvalue weighted by Gasteiger charge is -2.34. The highest BCUT2D eigenvalue weighted by Crippen LogP contribution is 2.27. The van der Waals surface area contributed by atoms with E-state index in [1.807, 2.05) is 19.1 Å². The summed E-state index contributed by atoms with van der Waals surface area (Å²) in [6.45, 7) is 3.40. The summed E-state index contributed by atoms with van der Waals surface area (Å²) < 4.78 is 11.3. The van der Waals surface area contributed by atoms with Gasteiger partial charge in [-0.1, -0.05) is 6.92 Å². The molecule has 0 bridgehead atoms. The fraction of sp³-hybridized carbons (Fsp3) is 0.333. The summed E-state index contributed by atoms with van der Waals surface area (Å²) in [6.07, 6.45) is 0.802. The third-order valence-electron chi connectivity index (χ3n) is 4.17. The number of benzene rings is 1. The van der Waals surface area contributed by atoms with Gasteiger partial charge in [-0.3, -0.25) is 9.59 Å². The number of ether oxygens (including phenoxy) is 1. The molecule has 2 N–H and O–H groups in total. The van der Waals surface area contributed by atoms with E-state index in [9.17, 15) is 9.59 Å². The first-order valence-corrected chi connectivity index (χ1v) is 7.97. The number of amides is 2. The van der Waals surface area contributed by atoms with Crippen molar-refractivity contribution in [3.8, 4) is 0 Å². The van der Waals surface area contributed by atoms with Gasteiger partial charge in [-0.25, -0.2) is 0 Å². The van der Waals surface area contributed by atoms with Crippen LogP contribution in [0.5, 0.6) is 0 Å². The lowest BCUT2D eigenvalue weighted by Crippen LogP contribution is -2.43. The number of hydrogen-bond acceptors (Lipinski definition) is 4. The third-order valence-corrected chi connectivity index (χ3v) is 4.17. The summed E-state index contributed by atoms with van der Waals surface area (Å²) in [7, 11) is 0. The molecule has 24 heavy (non-hydrogen) atoms. The largest absolute Gasteiger partial charge is 0.464 e. The topological polar surface area (TPSA) is 85.8 Å². The van der Waals surface area contributed by atoms with Crippen LogP contribution < -0.4 is 5.73 Å². The molecule has 0 radical (unpaired) electrons. The molecule has 2 heterocycles. The van der Waals surface area contributed by atoms with Gasteiger partial charge in [0.05, 0.1) is 13.2 Å². The summed E-state index contributed by atoms with van der Waals surface area (Å²) in [5.74, 6) is 0.983. The van der Waals surface area contributed by atoms with E-state index in [0.29, 0.717) is 30.9 Å². The van der Waals surface area contributed by atoms with Crippen LogP contribution in [0.25, 0.3) is 0 Å². The van der Waals surface area contributed by atoms with Crippen LogP contribution >= 0.6 is 0 Å². The average molecular weight is 328 g/mol. The van der Waals surface area contributed by atoms with Crippen LogP contribution in [0.4, 0.5) is 0 Å². The smallest absolute Gasteiger partial charge is 0.254 e. The zero-order valence-electron chi connectivity index (χ0n) is 13.5. The van der Waals surface area contributed by atoms with Gasteiger partial charge < -0.3 is 19.8 Å². The quantitative estimate of drug-likeness (QED) is 0.932. The molecule has 1 fully saturated rings. The highest BCUT2D eigenvalue weighted by molar-refractivity contribution is 5.97. The first kappa shape index (κ1) is 16.3. The van der Waals surface area contributed by atoms with Gasteiger partial charge in [0.25, 0.3) is 5.91 Å². The zero-order valence-corrected chi connectivity index (χ0v) is 13.5. The van der Waals surface area contributed by atoms with Gasteiger partial charge in [0.1, 0.15) is 17.6 Å². The Morgan fingerprint density at radius 1 is 1.17 bits per heavy atom. The molecule has 1 atom stereocenters. The predicted octanol–water partition coefficient (Wildman–Crippen LogP) is 2.15. The second-order valence-electron chi connectivity index (χ2n) is 5.69. The SMILES string of the molecule is CCc1ccc([C@H]2COCCN2C(=O)c2ccc(C(N)=O)cc2)o1. The van der Waals surface area contributed by atoms with Gasteiger partial charge in [0.15, 0.2) is 0 Å². The van der Waals surface area contributed by atoms with E-state index in [0.717, 1.165) is 17.9 Å². The van der Waals surface area contributed by atoms with Gasteiger partial charge in [-0.2, -0.15) is 0 Å². The van der Waals surface area contributed by atoms with Gasteiger partial charge >= 0.3 is 0 Å². The zero-order chi connectivity index (χ0) is 17.1. The second-order valence-corrected chi connectivity index (χ2v) is 5.69. The number of nitrogens with zero attached hydrogens (tertiary/aromatic N) is 1. The molecule has 6 nitrogen and oxygen atoms in total. The molecule has 2 amide bonds. The van der Waals surface area contributed by atoms with Crippen molar-refractivity contribution < 1.29 is 18.7 Å². The Balaban J connectivity index is 1.84. The molecule has 126 valence electrons. The Bertz CT molecular complexity index is 736. The van der Waals surface area contributed by atoms with E-state index < -0.39 is 5.91 Å². The van der Waals surface area contributed by atoms with Crippen LogP contribution in [0, 0.1) is 0 Å². The lowest BCUT2D eigenvalue weighted by molar-refractivity contribution is -0.00901. The summed E-state index contributed by atoms with van der Waals surface area (Å²) in [5, 5.41) is 0. The molecule has 6 heteroatoms. The number of carbonyl (C=O) groups excluding carboxylic acids is 2. The minimum Gasteiger partial charge on any atom is -0.464 e. The fourth-order valence-electron chi connectivity index (χ4n) is 2.79. The Morgan fingerprint density at radius 2 is 1.88 bits per heavy atom. The van der Waals surface area contributed by atoms with E-state index in [1.165, 1.54) is 0 Å². The summed E-state index contributed by atoms with van der Waals surface area (Å²) in [5.41, 5.74) is 6.12. The molecular formula is C18H20N2O4. The van der Waals surface area contributed by atoms with Crippen LogP contribution in [0.1, 0.15) is 45.2 Å². The molecule has 2 aromatic rings. The van der Waals surface area contributed by atoms with Crippen molar-refractivity contribution in [2.75, 3.05) is 19.8 Å². The number of morpholine rings is 1. The minimum atomic E-state index is -0.513. The molecule has 1 aromatic carbocycles. The maximum atomic E-state index is 12.9. The predicted molar refractivity (Wildman–Crippen MR) is 87.6 cm³/mol. The maximum Gasteiger partial charge on any atom is 0.254 e. The normalized spacial score (nSPS) is 17.7. The van der Waals surface area contributed by atoms with E-state index >= 15 is 0 Å². The Hall–Kier alpha value is -2.60. The number of furan rings is 1. The van der Waals surface area contributed by atoms with E-state index in [4.69, 9.17) is 14.9 Å². The number of primary amides is 1. The van der Waals surface area contributed by atoms with Crippen molar-refractivity contribution in [1.82, 2.24) is 4.90 Å².